The molecule has 0 fully saturated rings. The molecule has 0 aliphatic carbocycles. The number of pyridine rings is 1. The average molecular weight is 301 g/mol. The summed E-state index contributed by atoms with van der Waals surface area (Å²) in [5.41, 5.74) is 2.58. The Balaban J connectivity index is 1.87. The third kappa shape index (κ3) is 3.00. The van der Waals surface area contributed by atoms with Gasteiger partial charge in [-0.15, -0.1) is 10.2 Å². The van der Waals surface area contributed by atoms with Crippen molar-refractivity contribution in [2.24, 2.45) is 0 Å². The van der Waals surface area contributed by atoms with Crippen molar-refractivity contribution in [3.8, 4) is 22.8 Å². The predicted octanol–water partition coefficient (Wildman–Crippen LogP) is -0.417. The fourth-order valence-electron chi connectivity index (χ4n) is 1.98. The second-order valence-electron chi connectivity index (χ2n) is 4.59. The maximum Gasteiger partial charge on any atom is 0.131 e. The van der Waals surface area contributed by atoms with Crippen LogP contribution in [0.4, 0.5) is 0 Å². The van der Waals surface area contributed by atoms with Gasteiger partial charge in [-0.1, -0.05) is 16.5 Å². The minimum Gasteiger partial charge on any atom is -0.394 e. The summed E-state index contributed by atoms with van der Waals surface area (Å²) >= 11 is 0. The van der Waals surface area contributed by atoms with Gasteiger partial charge in [0.15, 0.2) is 0 Å². The van der Waals surface area contributed by atoms with E-state index in [0.29, 0.717) is 35.9 Å². The molecule has 3 rings (SSSR count). The molecular weight excluding hydrogens is 286 g/mol. The maximum absolute atomic E-state index is 8.90. The Bertz CT molecular complexity index is 693. The smallest absolute Gasteiger partial charge is 0.131 e. The molecule has 0 saturated carbocycles. The minimum atomic E-state index is 0.00420. The summed E-state index contributed by atoms with van der Waals surface area (Å²) in [5, 5.41) is 33.7. The van der Waals surface area contributed by atoms with Crippen LogP contribution >= 0.6 is 0 Å². The highest BCUT2D eigenvalue weighted by atomic mass is 16.3. The summed E-state index contributed by atoms with van der Waals surface area (Å²) < 4.78 is 3.11. The molecule has 9 heteroatoms. The van der Waals surface area contributed by atoms with Crippen molar-refractivity contribution in [1.29, 1.82) is 0 Å². The van der Waals surface area contributed by atoms with Crippen LogP contribution < -0.4 is 0 Å². The third-order valence-corrected chi connectivity index (χ3v) is 3.01. The molecule has 9 nitrogen and oxygen atoms in total. The number of hydrogen-bond donors (Lipinski definition) is 2. The van der Waals surface area contributed by atoms with Gasteiger partial charge >= 0.3 is 0 Å². The normalized spacial score (nSPS) is 11.0. The lowest BCUT2D eigenvalue weighted by atomic mass is 10.2. The molecule has 0 aliphatic heterocycles. The summed E-state index contributed by atoms with van der Waals surface area (Å²) in [7, 11) is 0. The van der Waals surface area contributed by atoms with Gasteiger partial charge in [0, 0.05) is 0 Å². The zero-order valence-electron chi connectivity index (χ0n) is 11.7. The number of aliphatic hydroxyl groups is 2. The van der Waals surface area contributed by atoms with Gasteiger partial charge in [-0.05, 0) is 12.1 Å². The van der Waals surface area contributed by atoms with Crippen molar-refractivity contribution in [2.45, 2.75) is 13.1 Å². The van der Waals surface area contributed by atoms with E-state index >= 15 is 0 Å². The Morgan fingerprint density at radius 2 is 1.27 bits per heavy atom. The molecule has 22 heavy (non-hydrogen) atoms. The largest absolute Gasteiger partial charge is 0.394 e. The van der Waals surface area contributed by atoms with E-state index in [-0.39, 0.29) is 13.2 Å². The van der Waals surface area contributed by atoms with Crippen LogP contribution in [0.5, 0.6) is 0 Å². The van der Waals surface area contributed by atoms with Gasteiger partial charge < -0.3 is 10.2 Å². The van der Waals surface area contributed by atoms with Crippen LogP contribution in [0.15, 0.2) is 30.6 Å². The monoisotopic (exact) mass is 301 g/mol. The number of aliphatic hydroxyl groups excluding tert-OH is 2. The summed E-state index contributed by atoms with van der Waals surface area (Å²) in [4.78, 5) is 4.50. The number of nitrogens with zero attached hydrogens (tertiary/aromatic N) is 7. The van der Waals surface area contributed by atoms with Crippen LogP contribution in [0.25, 0.3) is 22.8 Å². The zero-order chi connectivity index (χ0) is 15.4. The second kappa shape index (κ2) is 6.41. The molecule has 0 spiro atoms. The Morgan fingerprint density at radius 3 is 1.73 bits per heavy atom. The highest BCUT2D eigenvalue weighted by Crippen LogP contribution is 2.19. The molecule has 0 aromatic carbocycles. The molecule has 0 amide bonds. The Morgan fingerprint density at radius 1 is 0.773 bits per heavy atom. The fraction of sp³-hybridized carbons (Fsp3) is 0.308. The fourth-order valence-corrected chi connectivity index (χ4v) is 1.98. The second-order valence-corrected chi connectivity index (χ2v) is 4.59. The van der Waals surface area contributed by atoms with E-state index < -0.39 is 0 Å². The van der Waals surface area contributed by atoms with E-state index in [4.69, 9.17) is 10.2 Å². The van der Waals surface area contributed by atoms with E-state index in [1.807, 2.05) is 18.2 Å². The van der Waals surface area contributed by atoms with Crippen LogP contribution in [0.1, 0.15) is 0 Å². The number of aromatic nitrogens is 7. The van der Waals surface area contributed by atoms with E-state index in [2.05, 4.69) is 25.6 Å². The molecule has 0 saturated heterocycles. The third-order valence-electron chi connectivity index (χ3n) is 3.01. The van der Waals surface area contributed by atoms with Crippen LogP contribution in [0, 0.1) is 0 Å². The van der Waals surface area contributed by atoms with Crippen molar-refractivity contribution in [3.05, 3.63) is 30.6 Å². The number of rotatable bonds is 6. The first kappa shape index (κ1) is 14.3. The summed E-state index contributed by atoms with van der Waals surface area (Å²) in [6.45, 7) is 0.790. The minimum absolute atomic E-state index is 0.00420. The van der Waals surface area contributed by atoms with E-state index in [1.165, 1.54) is 0 Å². The predicted molar refractivity (Wildman–Crippen MR) is 76.4 cm³/mol. The molecule has 0 atom stereocenters. The summed E-state index contributed by atoms with van der Waals surface area (Å²) in [5.74, 6) is 0. The molecule has 3 aromatic heterocycles. The van der Waals surface area contributed by atoms with E-state index in [9.17, 15) is 0 Å². The standard InChI is InChI=1S/C13H15N7O2/c21-6-4-19-8-12(15-17-19)10-2-1-3-11(14-10)13-9-20(5-7-22)18-16-13/h1-3,8-9,21-22H,4-7H2. The molecule has 3 heterocycles. The zero-order valence-corrected chi connectivity index (χ0v) is 11.7. The SMILES string of the molecule is OCCn1cc(-c2cccc(-c3cn(CCO)nn3)n2)nn1. The van der Waals surface area contributed by atoms with Gasteiger partial charge in [-0.25, -0.2) is 14.3 Å². The van der Waals surface area contributed by atoms with Gasteiger partial charge in [0.25, 0.3) is 0 Å². The number of hydrogen-bond acceptors (Lipinski definition) is 7. The lowest BCUT2D eigenvalue weighted by molar-refractivity contribution is 0.267. The van der Waals surface area contributed by atoms with Crippen molar-refractivity contribution in [1.82, 2.24) is 35.0 Å². The maximum atomic E-state index is 8.90. The molecule has 0 bridgehead atoms. The average Bonchev–Trinajstić information content (AvgIpc) is 3.18. The Hall–Kier alpha value is -2.65. The van der Waals surface area contributed by atoms with E-state index in [0.717, 1.165) is 0 Å². The van der Waals surface area contributed by atoms with Crippen molar-refractivity contribution in [2.75, 3.05) is 13.2 Å². The van der Waals surface area contributed by atoms with Gasteiger partial charge in [0.2, 0.25) is 0 Å². The lowest BCUT2D eigenvalue weighted by Gasteiger charge is -1.99. The van der Waals surface area contributed by atoms with Gasteiger partial charge in [-0.3, -0.25) is 0 Å². The first-order valence-electron chi connectivity index (χ1n) is 6.80. The molecule has 0 unspecified atom stereocenters. The van der Waals surface area contributed by atoms with Crippen molar-refractivity contribution >= 4 is 0 Å². The van der Waals surface area contributed by atoms with Crippen molar-refractivity contribution in [3.63, 3.8) is 0 Å². The molecule has 2 N–H and O–H groups in total. The molecule has 0 aliphatic rings. The Kier molecular flexibility index (Phi) is 4.17. The first-order chi connectivity index (χ1) is 10.8. The van der Waals surface area contributed by atoms with Crippen LogP contribution in [-0.2, 0) is 13.1 Å². The van der Waals surface area contributed by atoms with Crippen LogP contribution in [0.2, 0.25) is 0 Å². The topological polar surface area (TPSA) is 115 Å². The van der Waals surface area contributed by atoms with Crippen molar-refractivity contribution < 1.29 is 10.2 Å². The summed E-state index contributed by atoms with van der Waals surface area (Å²) in [6, 6.07) is 5.51. The molecule has 114 valence electrons. The highest BCUT2D eigenvalue weighted by molar-refractivity contribution is 5.60. The van der Waals surface area contributed by atoms with E-state index in [1.54, 1.807) is 21.8 Å². The molecular formula is C13H15N7O2. The van der Waals surface area contributed by atoms with Crippen LogP contribution in [-0.4, -0.2) is 58.4 Å². The van der Waals surface area contributed by atoms with Gasteiger partial charge in [-0.2, -0.15) is 0 Å². The Labute approximate surface area is 125 Å². The summed E-state index contributed by atoms with van der Waals surface area (Å²) in [6.07, 6.45) is 3.45. The van der Waals surface area contributed by atoms with Gasteiger partial charge in [0.05, 0.1) is 50.1 Å². The van der Waals surface area contributed by atoms with Crippen LogP contribution in [0.3, 0.4) is 0 Å². The molecule has 3 aromatic rings. The quantitative estimate of drug-likeness (QED) is 0.635. The first-order valence-corrected chi connectivity index (χ1v) is 6.80. The highest BCUT2D eigenvalue weighted by Gasteiger charge is 2.09. The lowest BCUT2D eigenvalue weighted by Crippen LogP contribution is -2.02. The van der Waals surface area contributed by atoms with Gasteiger partial charge in [0.1, 0.15) is 11.4 Å². The molecule has 0 radical (unpaired) electrons.